The number of nitrogens with one attached hydrogen (secondary N) is 1. The average Bonchev–Trinajstić information content (AvgIpc) is 2.55. The molecule has 1 aliphatic carbocycles. The van der Waals surface area contributed by atoms with E-state index in [1.165, 1.54) is 19.3 Å². The van der Waals surface area contributed by atoms with Gasteiger partial charge < -0.3 is 15.0 Å². The summed E-state index contributed by atoms with van der Waals surface area (Å²) in [6.45, 7) is 4.01. The van der Waals surface area contributed by atoms with E-state index >= 15 is 0 Å². The maximum Gasteiger partial charge on any atom is 0.317 e. The first kappa shape index (κ1) is 16.8. The monoisotopic (exact) mass is 304 g/mol. The van der Waals surface area contributed by atoms with Crippen molar-refractivity contribution < 1.29 is 9.53 Å². The average molecular weight is 304 g/mol. The first-order valence-corrected chi connectivity index (χ1v) is 8.35. The zero-order chi connectivity index (χ0) is 15.8. The fraction of sp³-hybridized carbons (Fsp3) is 0.611. The fourth-order valence-corrected chi connectivity index (χ4v) is 3.24. The summed E-state index contributed by atoms with van der Waals surface area (Å²) in [6, 6.07) is 8.64. The molecule has 0 spiro atoms. The van der Waals surface area contributed by atoms with Crippen LogP contribution < -0.4 is 5.32 Å². The summed E-state index contributed by atoms with van der Waals surface area (Å²) >= 11 is 0. The highest BCUT2D eigenvalue weighted by Gasteiger charge is 2.23. The Morgan fingerprint density at radius 1 is 1.27 bits per heavy atom. The summed E-state index contributed by atoms with van der Waals surface area (Å²) in [5.41, 5.74) is 2.25. The molecule has 0 bridgehead atoms. The molecule has 1 N–H and O–H groups in total. The van der Waals surface area contributed by atoms with Gasteiger partial charge in [0.1, 0.15) is 0 Å². The lowest BCUT2D eigenvalue weighted by atomic mass is 9.94. The number of hydrogen-bond donors (Lipinski definition) is 1. The predicted octanol–water partition coefficient (Wildman–Crippen LogP) is 3.70. The molecular weight excluding hydrogens is 276 g/mol. The quantitative estimate of drug-likeness (QED) is 0.870. The van der Waals surface area contributed by atoms with Crippen LogP contribution in [0.25, 0.3) is 0 Å². The SMILES string of the molecule is CCN(C(=O)NCc1cccc(COC)c1)C1CCCCC1. The van der Waals surface area contributed by atoms with Crippen LogP contribution in [0.15, 0.2) is 24.3 Å². The highest BCUT2D eigenvalue weighted by Crippen LogP contribution is 2.22. The Morgan fingerprint density at radius 2 is 2.00 bits per heavy atom. The number of carbonyl (C=O) groups excluding carboxylic acids is 1. The second-order valence-electron chi connectivity index (χ2n) is 5.99. The van der Waals surface area contributed by atoms with Crippen molar-refractivity contribution in [2.75, 3.05) is 13.7 Å². The Kier molecular flexibility index (Phi) is 6.72. The smallest absolute Gasteiger partial charge is 0.317 e. The molecule has 0 saturated heterocycles. The van der Waals surface area contributed by atoms with E-state index in [-0.39, 0.29) is 6.03 Å². The van der Waals surface area contributed by atoms with Gasteiger partial charge >= 0.3 is 6.03 Å². The molecule has 0 radical (unpaired) electrons. The lowest BCUT2D eigenvalue weighted by molar-refractivity contribution is 0.159. The lowest BCUT2D eigenvalue weighted by Gasteiger charge is -2.33. The van der Waals surface area contributed by atoms with Gasteiger partial charge in [0.2, 0.25) is 0 Å². The Hall–Kier alpha value is -1.55. The number of amides is 2. The highest BCUT2D eigenvalue weighted by molar-refractivity contribution is 5.74. The van der Waals surface area contributed by atoms with Gasteiger partial charge in [-0.25, -0.2) is 4.79 Å². The molecular formula is C18H28N2O2. The Labute approximate surface area is 133 Å². The molecule has 2 rings (SSSR count). The summed E-state index contributed by atoms with van der Waals surface area (Å²) in [7, 11) is 1.69. The van der Waals surface area contributed by atoms with E-state index in [9.17, 15) is 4.79 Å². The van der Waals surface area contributed by atoms with E-state index < -0.39 is 0 Å². The Morgan fingerprint density at radius 3 is 2.68 bits per heavy atom. The molecule has 4 heteroatoms. The summed E-state index contributed by atoms with van der Waals surface area (Å²) in [4.78, 5) is 14.4. The largest absolute Gasteiger partial charge is 0.380 e. The molecule has 4 nitrogen and oxygen atoms in total. The minimum atomic E-state index is 0.0616. The Balaban J connectivity index is 1.88. The van der Waals surface area contributed by atoms with Crippen LogP contribution in [0.2, 0.25) is 0 Å². The van der Waals surface area contributed by atoms with Crippen molar-refractivity contribution in [3.63, 3.8) is 0 Å². The van der Waals surface area contributed by atoms with Gasteiger partial charge in [-0.15, -0.1) is 0 Å². The first-order chi connectivity index (χ1) is 10.7. The van der Waals surface area contributed by atoms with Crippen molar-refractivity contribution in [2.45, 2.75) is 58.2 Å². The molecule has 1 aromatic rings. The standard InChI is InChI=1S/C18H28N2O2/c1-3-20(17-10-5-4-6-11-17)18(21)19-13-15-8-7-9-16(12-15)14-22-2/h7-9,12,17H,3-6,10-11,13-14H2,1-2H3,(H,19,21). The van der Waals surface area contributed by atoms with Crippen LogP contribution in [0.3, 0.4) is 0 Å². The number of benzene rings is 1. The van der Waals surface area contributed by atoms with Crippen molar-refractivity contribution in [3.05, 3.63) is 35.4 Å². The minimum Gasteiger partial charge on any atom is -0.380 e. The van der Waals surface area contributed by atoms with Crippen molar-refractivity contribution in [1.29, 1.82) is 0 Å². The number of methoxy groups -OCH3 is 1. The first-order valence-electron chi connectivity index (χ1n) is 8.35. The number of ether oxygens (including phenoxy) is 1. The fourth-order valence-electron chi connectivity index (χ4n) is 3.24. The maximum absolute atomic E-state index is 12.4. The van der Waals surface area contributed by atoms with E-state index in [0.717, 1.165) is 30.5 Å². The number of carbonyl (C=O) groups is 1. The van der Waals surface area contributed by atoms with Crippen molar-refractivity contribution in [1.82, 2.24) is 10.2 Å². The van der Waals surface area contributed by atoms with Gasteiger partial charge in [-0.05, 0) is 30.9 Å². The molecule has 2 amide bonds. The molecule has 0 heterocycles. The van der Waals surface area contributed by atoms with Crippen LogP contribution in [0.1, 0.15) is 50.2 Å². The molecule has 0 atom stereocenters. The van der Waals surface area contributed by atoms with Crippen LogP contribution in [-0.2, 0) is 17.9 Å². The number of nitrogens with zero attached hydrogens (tertiary/aromatic N) is 1. The van der Waals surface area contributed by atoms with E-state index in [2.05, 4.69) is 18.3 Å². The zero-order valence-corrected chi connectivity index (χ0v) is 13.8. The van der Waals surface area contributed by atoms with Crippen LogP contribution >= 0.6 is 0 Å². The van der Waals surface area contributed by atoms with Gasteiger partial charge in [0.05, 0.1) is 6.61 Å². The van der Waals surface area contributed by atoms with Gasteiger partial charge in [0, 0.05) is 26.2 Å². The molecule has 1 saturated carbocycles. The zero-order valence-electron chi connectivity index (χ0n) is 13.8. The van der Waals surface area contributed by atoms with Crippen LogP contribution in [-0.4, -0.2) is 30.6 Å². The van der Waals surface area contributed by atoms with E-state index in [4.69, 9.17) is 4.74 Å². The number of rotatable bonds is 6. The van der Waals surface area contributed by atoms with Gasteiger partial charge in [-0.3, -0.25) is 0 Å². The second kappa shape index (κ2) is 8.79. The Bertz CT molecular complexity index is 470. The molecule has 122 valence electrons. The summed E-state index contributed by atoms with van der Waals surface area (Å²) in [5, 5.41) is 3.06. The molecule has 1 aromatic carbocycles. The van der Waals surface area contributed by atoms with Gasteiger partial charge in [0.25, 0.3) is 0 Å². The highest BCUT2D eigenvalue weighted by atomic mass is 16.5. The van der Waals surface area contributed by atoms with Crippen LogP contribution in [0.4, 0.5) is 4.79 Å². The number of hydrogen-bond acceptors (Lipinski definition) is 2. The molecule has 0 aromatic heterocycles. The normalized spacial score (nSPS) is 15.5. The topological polar surface area (TPSA) is 41.6 Å². The van der Waals surface area contributed by atoms with E-state index in [0.29, 0.717) is 19.2 Å². The van der Waals surface area contributed by atoms with Crippen molar-refractivity contribution in [3.8, 4) is 0 Å². The van der Waals surface area contributed by atoms with E-state index in [1.54, 1.807) is 7.11 Å². The minimum absolute atomic E-state index is 0.0616. The van der Waals surface area contributed by atoms with Gasteiger partial charge in [-0.2, -0.15) is 0 Å². The second-order valence-corrected chi connectivity index (χ2v) is 5.99. The molecule has 1 fully saturated rings. The molecule has 0 unspecified atom stereocenters. The molecule has 0 aliphatic heterocycles. The maximum atomic E-state index is 12.4. The van der Waals surface area contributed by atoms with E-state index in [1.807, 2.05) is 23.1 Å². The van der Waals surface area contributed by atoms with Crippen LogP contribution in [0.5, 0.6) is 0 Å². The van der Waals surface area contributed by atoms with Crippen LogP contribution in [0, 0.1) is 0 Å². The van der Waals surface area contributed by atoms with Gasteiger partial charge in [0.15, 0.2) is 0 Å². The summed E-state index contributed by atoms with van der Waals surface area (Å²) in [5.74, 6) is 0. The van der Waals surface area contributed by atoms with Gasteiger partial charge in [-0.1, -0.05) is 43.5 Å². The molecule has 1 aliphatic rings. The third-order valence-electron chi connectivity index (χ3n) is 4.36. The lowest BCUT2D eigenvalue weighted by Crippen LogP contribution is -2.46. The molecule has 22 heavy (non-hydrogen) atoms. The third-order valence-corrected chi connectivity index (χ3v) is 4.36. The summed E-state index contributed by atoms with van der Waals surface area (Å²) in [6.07, 6.45) is 6.08. The van der Waals surface area contributed by atoms with Crippen molar-refractivity contribution >= 4 is 6.03 Å². The third kappa shape index (κ3) is 4.73. The number of urea groups is 1. The summed E-state index contributed by atoms with van der Waals surface area (Å²) < 4.78 is 5.15. The van der Waals surface area contributed by atoms with Crippen molar-refractivity contribution in [2.24, 2.45) is 0 Å². The predicted molar refractivity (Wildman–Crippen MR) is 88.6 cm³/mol.